The number of amides is 1. The van der Waals surface area contributed by atoms with Crippen molar-refractivity contribution in [2.75, 3.05) is 5.32 Å². The predicted octanol–water partition coefficient (Wildman–Crippen LogP) is 4.17. The first-order chi connectivity index (χ1) is 11.0. The molecule has 1 atom stereocenters. The Kier molecular flexibility index (Phi) is 4.09. The second-order valence-electron chi connectivity index (χ2n) is 5.86. The Morgan fingerprint density at radius 1 is 1.17 bits per heavy atom. The van der Waals surface area contributed by atoms with Gasteiger partial charge in [-0.2, -0.15) is 0 Å². The molecule has 1 N–H and O–H groups in total. The molecular formula is C18H17ClN2O2. The van der Waals surface area contributed by atoms with Gasteiger partial charge >= 0.3 is 0 Å². The summed E-state index contributed by atoms with van der Waals surface area (Å²) in [6, 6.07) is 15.0. The van der Waals surface area contributed by atoms with E-state index in [0.717, 1.165) is 22.5 Å². The van der Waals surface area contributed by atoms with Crippen LogP contribution in [0.25, 0.3) is 0 Å². The third-order valence-corrected chi connectivity index (χ3v) is 4.08. The van der Waals surface area contributed by atoms with E-state index in [0.29, 0.717) is 11.4 Å². The van der Waals surface area contributed by atoms with E-state index >= 15 is 0 Å². The highest BCUT2D eigenvalue weighted by atomic mass is 35.5. The fourth-order valence-corrected chi connectivity index (χ4v) is 2.48. The molecule has 0 radical (unpaired) electrons. The number of rotatable bonds is 3. The zero-order chi connectivity index (χ0) is 16.4. The SMILES string of the molecule is Cc1ccc(NC(=O)C2(C)CC(c3ccc(Cl)cc3)=NO2)cc1. The molecule has 2 aromatic rings. The molecule has 0 aromatic heterocycles. The third-order valence-electron chi connectivity index (χ3n) is 3.83. The average molecular weight is 329 g/mol. The quantitative estimate of drug-likeness (QED) is 0.919. The maximum Gasteiger partial charge on any atom is 0.271 e. The van der Waals surface area contributed by atoms with Gasteiger partial charge in [-0.1, -0.05) is 46.6 Å². The van der Waals surface area contributed by atoms with E-state index in [2.05, 4.69) is 10.5 Å². The standard InChI is InChI=1S/C18H17ClN2O2/c1-12-3-9-15(10-4-12)20-17(22)18(2)11-16(21-23-18)13-5-7-14(19)8-6-13/h3-10H,11H2,1-2H3,(H,20,22). The first-order valence-electron chi connectivity index (χ1n) is 7.35. The van der Waals surface area contributed by atoms with Crippen molar-refractivity contribution in [3.8, 4) is 0 Å². The van der Waals surface area contributed by atoms with Gasteiger partial charge in [-0.3, -0.25) is 4.79 Å². The van der Waals surface area contributed by atoms with Crippen LogP contribution in [0.5, 0.6) is 0 Å². The lowest BCUT2D eigenvalue weighted by molar-refractivity contribution is -0.135. The number of aryl methyl sites for hydroxylation is 1. The maximum absolute atomic E-state index is 12.5. The molecule has 5 heteroatoms. The van der Waals surface area contributed by atoms with Crippen LogP contribution in [0.2, 0.25) is 5.02 Å². The monoisotopic (exact) mass is 328 g/mol. The molecule has 0 spiro atoms. The molecule has 0 bridgehead atoms. The van der Waals surface area contributed by atoms with E-state index in [4.69, 9.17) is 16.4 Å². The minimum absolute atomic E-state index is 0.214. The number of hydrogen-bond acceptors (Lipinski definition) is 3. The second-order valence-corrected chi connectivity index (χ2v) is 6.30. The smallest absolute Gasteiger partial charge is 0.271 e. The van der Waals surface area contributed by atoms with Crippen LogP contribution in [0.15, 0.2) is 53.7 Å². The highest BCUT2D eigenvalue weighted by molar-refractivity contribution is 6.30. The lowest BCUT2D eigenvalue weighted by Gasteiger charge is -2.20. The van der Waals surface area contributed by atoms with Crippen molar-refractivity contribution < 1.29 is 9.63 Å². The van der Waals surface area contributed by atoms with Crippen LogP contribution >= 0.6 is 11.6 Å². The van der Waals surface area contributed by atoms with E-state index < -0.39 is 5.60 Å². The highest BCUT2D eigenvalue weighted by Gasteiger charge is 2.42. The first-order valence-corrected chi connectivity index (χ1v) is 7.73. The lowest BCUT2D eigenvalue weighted by Crippen LogP contribution is -2.40. The van der Waals surface area contributed by atoms with E-state index in [9.17, 15) is 4.79 Å². The Balaban J connectivity index is 1.70. The Labute approximate surface area is 140 Å². The molecule has 0 saturated heterocycles. The fraction of sp³-hybridized carbons (Fsp3) is 0.222. The summed E-state index contributed by atoms with van der Waals surface area (Å²) in [5.74, 6) is -0.214. The Morgan fingerprint density at radius 3 is 2.48 bits per heavy atom. The Morgan fingerprint density at radius 2 is 1.83 bits per heavy atom. The van der Waals surface area contributed by atoms with Crippen molar-refractivity contribution in [3.05, 3.63) is 64.7 Å². The predicted molar refractivity (Wildman–Crippen MR) is 91.9 cm³/mol. The van der Waals surface area contributed by atoms with Crippen LogP contribution < -0.4 is 5.32 Å². The molecule has 1 heterocycles. The summed E-state index contributed by atoms with van der Waals surface area (Å²) in [6.07, 6.45) is 0.409. The molecule has 1 amide bonds. The van der Waals surface area contributed by atoms with Gasteiger partial charge in [0.25, 0.3) is 5.91 Å². The third kappa shape index (κ3) is 3.37. The van der Waals surface area contributed by atoms with Crippen molar-refractivity contribution in [2.24, 2.45) is 5.16 Å². The second kappa shape index (κ2) is 6.05. The van der Waals surface area contributed by atoms with Crippen molar-refractivity contribution in [3.63, 3.8) is 0 Å². The molecule has 0 saturated carbocycles. The van der Waals surface area contributed by atoms with Gasteiger partial charge in [0.1, 0.15) is 0 Å². The number of nitrogens with one attached hydrogen (secondary N) is 1. The number of halogens is 1. The summed E-state index contributed by atoms with van der Waals surface area (Å²) >= 11 is 5.89. The van der Waals surface area contributed by atoms with Crippen molar-refractivity contribution in [1.82, 2.24) is 0 Å². The zero-order valence-corrected chi connectivity index (χ0v) is 13.7. The van der Waals surface area contributed by atoms with Gasteiger partial charge in [-0.25, -0.2) is 0 Å². The van der Waals surface area contributed by atoms with Gasteiger partial charge in [-0.15, -0.1) is 0 Å². The highest BCUT2D eigenvalue weighted by Crippen LogP contribution is 2.28. The van der Waals surface area contributed by atoms with Crippen molar-refractivity contribution in [1.29, 1.82) is 0 Å². The summed E-state index contributed by atoms with van der Waals surface area (Å²) in [4.78, 5) is 18.0. The molecule has 4 nitrogen and oxygen atoms in total. The summed E-state index contributed by atoms with van der Waals surface area (Å²) in [5, 5.41) is 7.61. The minimum Gasteiger partial charge on any atom is -0.379 e. The van der Waals surface area contributed by atoms with Gasteiger partial charge < -0.3 is 10.2 Å². The van der Waals surface area contributed by atoms with Crippen molar-refractivity contribution >= 4 is 28.9 Å². The number of carbonyl (C=O) groups excluding carboxylic acids is 1. The largest absolute Gasteiger partial charge is 0.379 e. The molecule has 3 rings (SSSR count). The molecule has 1 unspecified atom stereocenters. The number of benzene rings is 2. The molecule has 0 fully saturated rings. The molecule has 0 aliphatic carbocycles. The van der Waals surface area contributed by atoms with E-state index in [1.54, 1.807) is 19.1 Å². The molecule has 23 heavy (non-hydrogen) atoms. The van der Waals surface area contributed by atoms with Crippen LogP contribution in [-0.2, 0) is 9.63 Å². The van der Waals surface area contributed by atoms with Crippen LogP contribution in [-0.4, -0.2) is 17.2 Å². The maximum atomic E-state index is 12.5. The average Bonchev–Trinajstić information content (AvgIpc) is 2.94. The van der Waals surface area contributed by atoms with E-state index in [-0.39, 0.29) is 5.91 Å². The lowest BCUT2D eigenvalue weighted by atomic mass is 9.95. The number of carbonyl (C=O) groups is 1. The summed E-state index contributed by atoms with van der Waals surface area (Å²) in [7, 11) is 0. The number of oxime groups is 1. The summed E-state index contributed by atoms with van der Waals surface area (Å²) < 4.78 is 0. The van der Waals surface area contributed by atoms with Gasteiger partial charge in [0.2, 0.25) is 5.60 Å². The number of anilines is 1. The van der Waals surface area contributed by atoms with Gasteiger partial charge in [0.05, 0.1) is 5.71 Å². The first kappa shape index (κ1) is 15.6. The van der Waals surface area contributed by atoms with Gasteiger partial charge in [0, 0.05) is 17.1 Å². The Hall–Kier alpha value is -2.33. The van der Waals surface area contributed by atoms with Crippen LogP contribution in [0.3, 0.4) is 0 Å². The van der Waals surface area contributed by atoms with Gasteiger partial charge in [-0.05, 0) is 43.7 Å². The number of hydrogen-bond donors (Lipinski definition) is 1. The summed E-state index contributed by atoms with van der Waals surface area (Å²) in [6.45, 7) is 3.74. The molecule has 2 aromatic carbocycles. The van der Waals surface area contributed by atoms with Crippen LogP contribution in [0.4, 0.5) is 5.69 Å². The minimum atomic E-state index is -1.01. The van der Waals surface area contributed by atoms with E-state index in [1.807, 2.05) is 43.3 Å². The van der Waals surface area contributed by atoms with Gasteiger partial charge in [0.15, 0.2) is 0 Å². The topological polar surface area (TPSA) is 50.7 Å². The molecule has 1 aliphatic rings. The normalized spacial score (nSPS) is 19.9. The van der Waals surface area contributed by atoms with Crippen LogP contribution in [0, 0.1) is 6.92 Å². The fourth-order valence-electron chi connectivity index (χ4n) is 2.36. The molecular weight excluding hydrogens is 312 g/mol. The Bertz CT molecular complexity index is 754. The van der Waals surface area contributed by atoms with E-state index in [1.165, 1.54) is 0 Å². The zero-order valence-electron chi connectivity index (χ0n) is 13.0. The van der Waals surface area contributed by atoms with Crippen molar-refractivity contribution in [2.45, 2.75) is 25.9 Å². The summed E-state index contributed by atoms with van der Waals surface area (Å²) in [5.41, 5.74) is 2.51. The molecule has 1 aliphatic heterocycles. The van der Waals surface area contributed by atoms with Crippen LogP contribution in [0.1, 0.15) is 24.5 Å². The molecule has 118 valence electrons. The number of nitrogens with zero attached hydrogens (tertiary/aromatic N) is 1.